The van der Waals surface area contributed by atoms with Gasteiger partial charge in [0.1, 0.15) is 0 Å². The fraction of sp³-hybridized carbons (Fsp3) is 0.368. The standard InChI is InChI=1S/C19H22F3N3/c1-6-16(14-7-9-15(10-8-14)19(20,21)22)23-18-13(5)12(4)17(11(2)3)24-25-18/h6-11,16H,1H2,2-5H3,(H,23,25)/t16-/m0/s1. The second kappa shape index (κ2) is 7.25. The maximum absolute atomic E-state index is 12.7. The molecule has 0 aliphatic carbocycles. The first-order valence-corrected chi connectivity index (χ1v) is 8.05. The third-order valence-corrected chi connectivity index (χ3v) is 4.23. The van der Waals surface area contributed by atoms with Crippen LogP contribution in [0.15, 0.2) is 36.9 Å². The number of hydrogen-bond donors (Lipinski definition) is 1. The third-order valence-electron chi connectivity index (χ3n) is 4.23. The first kappa shape index (κ1) is 19.0. The van der Waals surface area contributed by atoms with E-state index >= 15 is 0 Å². The maximum atomic E-state index is 12.7. The van der Waals surface area contributed by atoms with E-state index in [2.05, 4.69) is 35.9 Å². The summed E-state index contributed by atoms with van der Waals surface area (Å²) < 4.78 is 38.1. The van der Waals surface area contributed by atoms with Crippen molar-refractivity contribution in [3.63, 3.8) is 0 Å². The molecule has 0 spiro atoms. The van der Waals surface area contributed by atoms with Crippen molar-refractivity contribution in [2.45, 2.75) is 45.8 Å². The molecule has 6 heteroatoms. The summed E-state index contributed by atoms with van der Waals surface area (Å²) in [6.45, 7) is 11.8. The molecular formula is C19H22F3N3. The molecule has 0 radical (unpaired) electrons. The van der Waals surface area contributed by atoms with Crippen LogP contribution in [-0.2, 0) is 6.18 Å². The molecule has 0 amide bonds. The first-order valence-electron chi connectivity index (χ1n) is 8.05. The Morgan fingerprint density at radius 3 is 2.12 bits per heavy atom. The van der Waals surface area contributed by atoms with Gasteiger partial charge in [0.05, 0.1) is 17.3 Å². The molecule has 2 aromatic rings. The van der Waals surface area contributed by atoms with Crippen LogP contribution in [0.3, 0.4) is 0 Å². The number of anilines is 1. The monoisotopic (exact) mass is 349 g/mol. The molecule has 0 saturated carbocycles. The Balaban J connectivity index is 2.28. The van der Waals surface area contributed by atoms with Gasteiger partial charge < -0.3 is 5.32 Å². The predicted molar refractivity (Wildman–Crippen MR) is 93.6 cm³/mol. The van der Waals surface area contributed by atoms with Crippen LogP contribution < -0.4 is 5.32 Å². The van der Waals surface area contributed by atoms with Gasteiger partial charge in [0, 0.05) is 0 Å². The molecule has 0 fully saturated rings. The molecule has 3 nitrogen and oxygen atoms in total. The number of alkyl halides is 3. The lowest BCUT2D eigenvalue weighted by atomic mass is 10.0. The summed E-state index contributed by atoms with van der Waals surface area (Å²) in [5.74, 6) is 0.872. The number of rotatable bonds is 5. The average Bonchev–Trinajstić information content (AvgIpc) is 2.55. The number of nitrogens with zero attached hydrogens (tertiary/aromatic N) is 2. The summed E-state index contributed by atoms with van der Waals surface area (Å²) in [6, 6.07) is 4.67. The van der Waals surface area contributed by atoms with Crippen molar-refractivity contribution in [1.29, 1.82) is 0 Å². The van der Waals surface area contributed by atoms with Crippen LogP contribution in [0.2, 0.25) is 0 Å². The van der Waals surface area contributed by atoms with Gasteiger partial charge in [-0.2, -0.15) is 18.3 Å². The minimum Gasteiger partial charge on any atom is -0.358 e. The van der Waals surface area contributed by atoms with Gasteiger partial charge >= 0.3 is 6.18 Å². The van der Waals surface area contributed by atoms with Crippen molar-refractivity contribution in [3.05, 3.63) is 64.9 Å². The molecular weight excluding hydrogens is 327 g/mol. The van der Waals surface area contributed by atoms with Gasteiger partial charge in [-0.1, -0.05) is 32.1 Å². The van der Waals surface area contributed by atoms with Crippen LogP contribution in [0.4, 0.5) is 19.0 Å². The lowest BCUT2D eigenvalue weighted by molar-refractivity contribution is -0.137. The normalized spacial score (nSPS) is 13.0. The molecule has 1 atom stereocenters. The van der Waals surface area contributed by atoms with E-state index in [1.807, 2.05) is 13.8 Å². The van der Waals surface area contributed by atoms with Gasteiger partial charge in [0.25, 0.3) is 0 Å². The molecule has 1 N–H and O–H groups in total. The van der Waals surface area contributed by atoms with Crippen LogP contribution in [0.1, 0.15) is 53.8 Å². The molecule has 0 aliphatic heterocycles. The van der Waals surface area contributed by atoms with Gasteiger partial charge in [0.2, 0.25) is 0 Å². The van der Waals surface area contributed by atoms with E-state index in [-0.39, 0.29) is 12.0 Å². The third kappa shape index (κ3) is 4.18. The predicted octanol–water partition coefficient (Wildman–Crippen LogP) is 5.57. The molecule has 0 unspecified atom stereocenters. The van der Waals surface area contributed by atoms with E-state index in [4.69, 9.17) is 0 Å². The number of halogens is 3. The molecule has 0 bridgehead atoms. The van der Waals surface area contributed by atoms with Gasteiger partial charge in [-0.05, 0) is 48.6 Å². The van der Waals surface area contributed by atoms with Crippen molar-refractivity contribution < 1.29 is 13.2 Å². The molecule has 2 rings (SSSR count). The molecule has 1 aromatic heterocycles. The molecule has 0 aliphatic rings. The van der Waals surface area contributed by atoms with Crippen molar-refractivity contribution in [2.75, 3.05) is 5.32 Å². The Bertz CT molecular complexity index is 750. The Labute approximate surface area is 146 Å². The zero-order valence-electron chi connectivity index (χ0n) is 14.8. The highest BCUT2D eigenvalue weighted by Crippen LogP contribution is 2.31. The lowest BCUT2D eigenvalue weighted by Crippen LogP contribution is -2.14. The molecule has 25 heavy (non-hydrogen) atoms. The Kier molecular flexibility index (Phi) is 5.50. The largest absolute Gasteiger partial charge is 0.416 e. The minimum atomic E-state index is -4.35. The zero-order chi connectivity index (χ0) is 18.8. The van der Waals surface area contributed by atoms with E-state index in [0.717, 1.165) is 29.0 Å². The van der Waals surface area contributed by atoms with Crippen LogP contribution in [0.5, 0.6) is 0 Å². The maximum Gasteiger partial charge on any atom is 0.416 e. The van der Waals surface area contributed by atoms with Crippen molar-refractivity contribution in [3.8, 4) is 0 Å². The summed E-state index contributed by atoms with van der Waals surface area (Å²) in [4.78, 5) is 0. The number of hydrogen-bond acceptors (Lipinski definition) is 3. The Morgan fingerprint density at radius 2 is 1.64 bits per heavy atom. The minimum absolute atomic E-state index is 0.269. The highest BCUT2D eigenvalue weighted by atomic mass is 19.4. The van der Waals surface area contributed by atoms with E-state index in [0.29, 0.717) is 11.4 Å². The highest BCUT2D eigenvalue weighted by molar-refractivity contribution is 5.50. The summed E-state index contributed by atoms with van der Waals surface area (Å²) in [6.07, 6.45) is -2.71. The summed E-state index contributed by atoms with van der Waals surface area (Å²) in [5, 5.41) is 11.7. The first-order chi connectivity index (χ1) is 11.6. The fourth-order valence-electron chi connectivity index (χ4n) is 2.61. The van der Waals surface area contributed by atoms with E-state index in [1.54, 1.807) is 6.08 Å². The lowest BCUT2D eigenvalue weighted by Gasteiger charge is -2.20. The summed E-state index contributed by atoms with van der Waals surface area (Å²) in [5.41, 5.74) is 2.97. The smallest absolute Gasteiger partial charge is 0.358 e. The number of aromatic nitrogens is 2. The van der Waals surface area contributed by atoms with Crippen LogP contribution >= 0.6 is 0 Å². The van der Waals surface area contributed by atoms with Crippen LogP contribution in [0.25, 0.3) is 0 Å². The second-order valence-corrected chi connectivity index (χ2v) is 6.32. The molecule has 0 saturated heterocycles. The average molecular weight is 349 g/mol. The van der Waals surface area contributed by atoms with Crippen molar-refractivity contribution in [1.82, 2.24) is 10.2 Å². The SMILES string of the molecule is C=C[C@H](Nc1nnc(C(C)C)c(C)c1C)c1ccc(C(F)(F)F)cc1. The highest BCUT2D eigenvalue weighted by Gasteiger charge is 2.30. The Hall–Kier alpha value is -2.37. The van der Waals surface area contributed by atoms with Gasteiger partial charge in [-0.15, -0.1) is 11.7 Å². The van der Waals surface area contributed by atoms with Crippen LogP contribution in [-0.4, -0.2) is 10.2 Å². The van der Waals surface area contributed by atoms with E-state index in [1.165, 1.54) is 12.1 Å². The Morgan fingerprint density at radius 1 is 1.04 bits per heavy atom. The molecule has 1 heterocycles. The van der Waals surface area contributed by atoms with Crippen molar-refractivity contribution >= 4 is 5.82 Å². The quantitative estimate of drug-likeness (QED) is 0.717. The van der Waals surface area contributed by atoms with Gasteiger partial charge in [-0.3, -0.25) is 0 Å². The van der Waals surface area contributed by atoms with Gasteiger partial charge in [0.15, 0.2) is 5.82 Å². The fourth-order valence-corrected chi connectivity index (χ4v) is 2.61. The van der Waals surface area contributed by atoms with E-state index in [9.17, 15) is 13.2 Å². The van der Waals surface area contributed by atoms with Crippen LogP contribution in [0, 0.1) is 13.8 Å². The summed E-state index contributed by atoms with van der Waals surface area (Å²) in [7, 11) is 0. The van der Waals surface area contributed by atoms with Crippen molar-refractivity contribution in [2.24, 2.45) is 0 Å². The number of benzene rings is 1. The van der Waals surface area contributed by atoms with E-state index < -0.39 is 11.7 Å². The topological polar surface area (TPSA) is 37.8 Å². The second-order valence-electron chi connectivity index (χ2n) is 6.32. The molecule has 1 aromatic carbocycles. The van der Waals surface area contributed by atoms with Gasteiger partial charge in [-0.25, -0.2) is 0 Å². The summed E-state index contributed by atoms with van der Waals surface area (Å²) >= 11 is 0. The zero-order valence-corrected chi connectivity index (χ0v) is 14.8. The number of nitrogens with one attached hydrogen (secondary N) is 1. The molecule has 134 valence electrons.